The number of aliphatic hydroxyl groups is 8. The zero-order valence-electron chi connectivity index (χ0n) is 58.7. The molecule has 12 unspecified atom stereocenters. The molecule has 14 nitrogen and oxygen atoms in total. The molecule has 0 radical (unpaired) electrons. The topological polar surface area (TPSA) is 228 Å². The predicted molar refractivity (Wildman–Crippen MR) is 369 cm³/mol. The summed E-state index contributed by atoms with van der Waals surface area (Å²) in [6.45, 7) is 2.94. The molecule has 0 aliphatic carbocycles. The summed E-state index contributed by atoms with van der Waals surface area (Å²) in [7, 11) is 0. The number of ether oxygens (including phenoxy) is 4. The Balaban J connectivity index is 1.57. The number of aliphatic hydroxyl groups excluding tert-OH is 8. The lowest BCUT2D eigenvalue weighted by Gasteiger charge is -2.46. The van der Waals surface area contributed by atoms with Crippen LogP contribution in [-0.4, -0.2) is 140 Å². The fourth-order valence-corrected chi connectivity index (χ4v) is 13.6. The summed E-state index contributed by atoms with van der Waals surface area (Å²) in [4.78, 5) is 13.4. The highest BCUT2D eigenvalue weighted by Crippen LogP contribution is 2.30. The van der Waals surface area contributed by atoms with Crippen LogP contribution in [0, 0.1) is 0 Å². The highest BCUT2D eigenvalue weighted by atomic mass is 16.7. The van der Waals surface area contributed by atoms with Gasteiger partial charge in [-0.2, -0.15) is 0 Å². The van der Waals surface area contributed by atoms with Crippen LogP contribution in [0.4, 0.5) is 0 Å². The van der Waals surface area contributed by atoms with E-state index in [4.69, 9.17) is 18.9 Å². The number of carbonyl (C=O) groups excluding carboxylic acids is 1. The van der Waals surface area contributed by atoms with Crippen molar-refractivity contribution in [3.05, 3.63) is 0 Å². The lowest BCUT2D eigenvalue weighted by atomic mass is 9.97. The Morgan fingerprint density at radius 2 is 0.633 bits per heavy atom. The fraction of sp³-hybridized carbons (Fsp3) is 0.987. The summed E-state index contributed by atoms with van der Waals surface area (Å²) in [5.41, 5.74) is 0. The Labute approximate surface area is 553 Å². The van der Waals surface area contributed by atoms with Gasteiger partial charge < -0.3 is 65.1 Å². The molecule has 12 atom stereocenters. The van der Waals surface area contributed by atoms with Gasteiger partial charge in [-0.3, -0.25) is 4.79 Å². The Morgan fingerprint density at radius 1 is 0.356 bits per heavy atom. The van der Waals surface area contributed by atoms with Gasteiger partial charge in [-0.25, -0.2) is 0 Å². The molecule has 0 aromatic rings. The van der Waals surface area contributed by atoms with Gasteiger partial charge in [0.2, 0.25) is 5.91 Å². The Morgan fingerprint density at radius 3 is 0.944 bits per heavy atom. The van der Waals surface area contributed by atoms with Crippen LogP contribution in [0.15, 0.2) is 0 Å². The second kappa shape index (κ2) is 61.6. The normalized spacial score (nSPS) is 22.8. The number of carbonyl (C=O) groups is 1. The van der Waals surface area contributed by atoms with E-state index in [9.17, 15) is 45.6 Å². The SMILES string of the molecule is CCCCCCCCCCCCCCCCCCCCCCCCCCCCCCCCCCCCCCC(=O)NC(COC1OC(CO)C(OC2OC(CO)C(O)C(O)C2O)C(O)C1O)C(O)CCCCCCCCCCCCCCCCCCCCCC. The summed E-state index contributed by atoms with van der Waals surface area (Å²) in [5, 5.41) is 87.7. The van der Waals surface area contributed by atoms with Gasteiger partial charge in [0, 0.05) is 6.42 Å². The van der Waals surface area contributed by atoms with Crippen molar-refractivity contribution in [2.24, 2.45) is 0 Å². The molecule has 2 aliphatic heterocycles. The summed E-state index contributed by atoms with van der Waals surface area (Å²) in [5.74, 6) is -0.196. The van der Waals surface area contributed by atoms with Crippen LogP contribution in [-0.2, 0) is 23.7 Å². The number of amides is 1. The molecular weight excluding hydrogens is 1130 g/mol. The van der Waals surface area contributed by atoms with Gasteiger partial charge in [-0.05, 0) is 12.8 Å². The van der Waals surface area contributed by atoms with E-state index >= 15 is 0 Å². The fourth-order valence-electron chi connectivity index (χ4n) is 13.6. The van der Waals surface area contributed by atoms with Crippen LogP contribution in [0.2, 0.25) is 0 Å². The monoisotopic (exact) mass is 1280 g/mol. The zero-order valence-corrected chi connectivity index (χ0v) is 58.7. The van der Waals surface area contributed by atoms with E-state index in [2.05, 4.69) is 19.2 Å². The van der Waals surface area contributed by atoms with E-state index in [0.29, 0.717) is 12.8 Å². The minimum Gasteiger partial charge on any atom is -0.394 e. The molecule has 0 aromatic heterocycles. The molecule has 0 spiro atoms. The summed E-state index contributed by atoms with van der Waals surface area (Å²) in [6, 6.07) is -0.825. The number of unbranched alkanes of at least 4 members (excludes halogenated alkanes) is 54. The second-order valence-corrected chi connectivity index (χ2v) is 28.2. The number of hydrogen-bond acceptors (Lipinski definition) is 13. The molecule has 14 heteroatoms. The maximum absolute atomic E-state index is 13.4. The van der Waals surface area contributed by atoms with Gasteiger partial charge in [0.25, 0.3) is 0 Å². The maximum atomic E-state index is 13.4. The first-order valence-corrected chi connectivity index (χ1v) is 39.3. The molecule has 536 valence electrons. The van der Waals surface area contributed by atoms with Gasteiger partial charge in [-0.1, -0.05) is 367 Å². The van der Waals surface area contributed by atoms with Gasteiger partial charge in [0.05, 0.1) is 32.0 Å². The minimum atomic E-state index is -1.78. The highest BCUT2D eigenvalue weighted by molar-refractivity contribution is 5.76. The molecule has 2 rings (SSSR count). The molecule has 2 aliphatic rings. The summed E-state index contributed by atoms with van der Waals surface area (Å²) < 4.78 is 23.0. The third-order valence-electron chi connectivity index (χ3n) is 19.8. The molecule has 1 amide bonds. The number of rotatable bonds is 67. The zero-order chi connectivity index (χ0) is 65.2. The summed E-state index contributed by atoms with van der Waals surface area (Å²) in [6.07, 6.45) is 58.7. The Kier molecular flexibility index (Phi) is 58.2. The third kappa shape index (κ3) is 44.7. The van der Waals surface area contributed by atoms with Crippen LogP contribution >= 0.6 is 0 Å². The summed E-state index contributed by atoms with van der Waals surface area (Å²) >= 11 is 0. The molecule has 2 heterocycles. The van der Waals surface area contributed by atoms with Gasteiger partial charge in [0.15, 0.2) is 12.6 Å². The first kappa shape index (κ1) is 85.1. The van der Waals surface area contributed by atoms with Gasteiger partial charge >= 0.3 is 0 Å². The van der Waals surface area contributed by atoms with Crippen molar-refractivity contribution in [3.63, 3.8) is 0 Å². The Bertz CT molecular complexity index is 1510. The maximum Gasteiger partial charge on any atom is 0.220 e. The Hall–Kier alpha value is -1.01. The first-order valence-electron chi connectivity index (χ1n) is 39.3. The van der Waals surface area contributed by atoms with Crippen LogP contribution in [0.25, 0.3) is 0 Å². The van der Waals surface area contributed by atoms with E-state index in [-0.39, 0.29) is 12.5 Å². The van der Waals surface area contributed by atoms with Crippen LogP contribution < -0.4 is 5.32 Å². The third-order valence-corrected chi connectivity index (χ3v) is 19.8. The van der Waals surface area contributed by atoms with Crippen molar-refractivity contribution < 1.29 is 64.6 Å². The largest absolute Gasteiger partial charge is 0.394 e. The molecular formula is C76H149NO13. The molecule has 0 bridgehead atoms. The molecule has 2 saturated heterocycles. The van der Waals surface area contributed by atoms with Crippen molar-refractivity contribution in [1.29, 1.82) is 0 Å². The molecule has 2 fully saturated rings. The van der Waals surface area contributed by atoms with Crippen molar-refractivity contribution >= 4 is 5.91 Å². The molecule has 0 saturated carbocycles. The second-order valence-electron chi connectivity index (χ2n) is 28.2. The van der Waals surface area contributed by atoms with Crippen LogP contribution in [0.5, 0.6) is 0 Å². The van der Waals surface area contributed by atoms with Gasteiger partial charge in [-0.15, -0.1) is 0 Å². The van der Waals surface area contributed by atoms with E-state index < -0.39 is 86.8 Å². The van der Waals surface area contributed by atoms with Gasteiger partial charge in [0.1, 0.15) is 48.8 Å². The smallest absolute Gasteiger partial charge is 0.220 e. The van der Waals surface area contributed by atoms with E-state index in [1.807, 2.05) is 0 Å². The molecule has 9 N–H and O–H groups in total. The highest BCUT2D eigenvalue weighted by Gasteiger charge is 2.51. The standard InChI is InChI=1S/C76H149NO13/c1-3-5-7-9-11-13-15-17-19-21-23-25-26-27-28-29-30-31-32-33-34-35-36-37-38-39-40-42-44-46-48-50-52-54-56-58-60-68(81)77-64(65(80)59-57-55-53-51-49-47-45-43-41-24-22-20-18-16-14-12-10-8-6-4-2)63-87-75-73(86)71(84)74(67(62-79)89-75)90-76-72(85)70(83)69(82)66(61-78)88-76/h64-67,69-76,78-80,82-86H,3-63H2,1-2H3,(H,77,81). The molecule has 0 aromatic carbocycles. The first-order chi connectivity index (χ1) is 44.1. The lowest BCUT2D eigenvalue weighted by Crippen LogP contribution is -2.65. The number of nitrogens with one attached hydrogen (secondary N) is 1. The van der Waals surface area contributed by atoms with Crippen molar-refractivity contribution in [3.8, 4) is 0 Å². The van der Waals surface area contributed by atoms with Crippen molar-refractivity contribution in [2.75, 3.05) is 19.8 Å². The predicted octanol–water partition coefficient (Wildman–Crippen LogP) is 17.1. The van der Waals surface area contributed by atoms with Crippen LogP contribution in [0.3, 0.4) is 0 Å². The molecule has 90 heavy (non-hydrogen) atoms. The van der Waals surface area contributed by atoms with E-state index in [1.165, 1.54) is 308 Å². The van der Waals surface area contributed by atoms with Crippen molar-refractivity contribution in [1.82, 2.24) is 5.32 Å². The quantitative estimate of drug-likeness (QED) is 0.0259. The van der Waals surface area contributed by atoms with Crippen LogP contribution in [0.1, 0.15) is 386 Å². The lowest BCUT2D eigenvalue weighted by molar-refractivity contribution is -0.359. The average molecular weight is 1290 g/mol. The average Bonchev–Trinajstić information content (AvgIpc) is 1.42. The van der Waals surface area contributed by atoms with E-state index in [0.717, 1.165) is 51.4 Å². The van der Waals surface area contributed by atoms with E-state index in [1.54, 1.807) is 0 Å². The number of hydrogen-bond donors (Lipinski definition) is 9. The van der Waals surface area contributed by atoms with Crippen molar-refractivity contribution in [2.45, 2.75) is 460 Å². The minimum absolute atomic E-state index is 0.196.